The van der Waals surface area contributed by atoms with Crippen molar-refractivity contribution in [2.24, 2.45) is 5.73 Å². The molecular weight excluding hydrogens is 256 g/mol. The molecule has 0 amide bonds. The predicted molar refractivity (Wildman–Crippen MR) is 76.7 cm³/mol. The van der Waals surface area contributed by atoms with Crippen LogP contribution >= 0.6 is 0 Å². The van der Waals surface area contributed by atoms with Crippen molar-refractivity contribution >= 4 is 5.69 Å². The standard InChI is InChI=1S/C15H16N2O3/c1-11-14(17(18)19)8-5-9-15(11)20-10-13(16)12-6-3-2-4-7-12/h2-9,13H,10,16H2,1H3. The minimum absolute atomic E-state index is 0.0517. The molecule has 0 saturated heterocycles. The van der Waals surface area contributed by atoms with Gasteiger partial charge in [0.2, 0.25) is 0 Å². The van der Waals surface area contributed by atoms with E-state index in [1.165, 1.54) is 6.07 Å². The number of hydrogen-bond acceptors (Lipinski definition) is 4. The van der Waals surface area contributed by atoms with Crippen LogP contribution in [-0.4, -0.2) is 11.5 Å². The highest BCUT2D eigenvalue weighted by atomic mass is 16.6. The van der Waals surface area contributed by atoms with Crippen LogP contribution in [0.25, 0.3) is 0 Å². The van der Waals surface area contributed by atoms with Gasteiger partial charge in [0, 0.05) is 6.07 Å². The van der Waals surface area contributed by atoms with E-state index in [0.717, 1.165) is 5.56 Å². The number of nitro groups is 1. The number of rotatable bonds is 5. The molecule has 0 aromatic heterocycles. The molecule has 0 saturated carbocycles. The summed E-state index contributed by atoms with van der Waals surface area (Å²) in [4.78, 5) is 10.4. The largest absolute Gasteiger partial charge is 0.491 e. The van der Waals surface area contributed by atoms with E-state index in [1.54, 1.807) is 19.1 Å². The molecule has 2 N–H and O–H groups in total. The molecule has 0 radical (unpaired) electrons. The Bertz CT molecular complexity index is 599. The number of benzene rings is 2. The van der Waals surface area contributed by atoms with E-state index in [-0.39, 0.29) is 18.3 Å². The first-order valence-corrected chi connectivity index (χ1v) is 6.27. The van der Waals surface area contributed by atoms with Crippen molar-refractivity contribution in [3.63, 3.8) is 0 Å². The molecule has 20 heavy (non-hydrogen) atoms. The Labute approximate surface area is 117 Å². The average Bonchev–Trinajstić information content (AvgIpc) is 2.46. The molecule has 0 fully saturated rings. The second kappa shape index (κ2) is 6.16. The SMILES string of the molecule is Cc1c(OCC(N)c2ccccc2)cccc1[N+](=O)[O-]. The minimum Gasteiger partial charge on any atom is -0.491 e. The number of nitrogens with zero attached hydrogens (tertiary/aromatic N) is 1. The first kappa shape index (κ1) is 14.0. The number of ether oxygens (including phenoxy) is 1. The minimum atomic E-state index is -0.417. The number of nitrogens with two attached hydrogens (primary N) is 1. The molecule has 5 nitrogen and oxygen atoms in total. The number of hydrogen-bond donors (Lipinski definition) is 1. The molecule has 2 aromatic carbocycles. The van der Waals surface area contributed by atoms with Gasteiger partial charge in [-0.3, -0.25) is 10.1 Å². The van der Waals surface area contributed by atoms with Gasteiger partial charge in [-0.05, 0) is 18.6 Å². The first-order valence-electron chi connectivity index (χ1n) is 6.27. The lowest BCUT2D eigenvalue weighted by atomic mass is 10.1. The highest BCUT2D eigenvalue weighted by Crippen LogP contribution is 2.27. The lowest BCUT2D eigenvalue weighted by Gasteiger charge is -2.14. The van der Waals surface area contributed by atoms with Crippen LogP contribution in [0.3, 0.4) is 0 Å². The summed E-state index contributed by atoms with van der Waals surface area (Å²) < 4.78 is 5.61. The Kier molecular flexibility index (Phi) is 4.32. The summed E-state index contributed by atoms with van der Waals surface area (Å²) in [7, 11) is 0. The Morgan fingerprint density at radius 1 is 1.20 bits per heavy atom. The highest BCUT2D eigenvalue weighted by molar-refractivity contribution is 5.48. The fraction of sp³-hybridized carbons (Fsp3) is 0.200. The Balaban J connectivity index is 2.08. The normalized spacial score (nSPS) is 11.9. The molecule has 0 bridgehead atoms. The summed E-state index contributed by atoms with van der Waals surface area (Å²) in [6, 6.07) is 14.1. The second-order valence-corrected chi connectivity index (χ2v) is 4.49. The monoisotopic (exact) mass is 272 g/mol. The highest BCUT2D eigenvalue weighted by Gasteiger charge is 2.15. The molecule has 104 valence electrons. The van der Waals surface area contributed by atoms with Gasteiger partial charge in [0.15, 0.2) is 0 Å². The van der Waals surface area contributed by atoms with Crippen molar-refractivity contribution in [3.8, 4) is 5.75 Å². The lowest BCUT2D eigenvalue weighted by Crippen LogP contribution is -2.19. The fourth-order valence-corrected chi connectivity index (χ4v) is 1.93. The van der Waals surface area contributed by atoms with Gasteiger partial charge in [0.25, 0.3) is 5.69 Å². The predicted octanol–water partition coefficient (Wildman–Crippen LogP) is 2.98. The molecule has 1 unspecified atom stereocenters. The molecule has 0 aliphatic rings. The summed E-state index contributed by atoms with van der Waals surface area (Å²) in [5, 5.41) is 10.9. The first-order chi connectivity index (χ1) is 9.59. The third kappa shape index (κ3) is 3.13. The zero-order valence-electron chi connectivity index (χ0n) is 11.2. The summed E-state index contributed by atoms with van der Waals surface area (Å²) in [6.07, 6.45) is 0. The quantitative estimate of drug-likeness (QED) is 0.670. The molecule has 0 aliphatic carbocycles. The molecule has 2 aromatic rings. The van der Waals surface area contributed by atoms with Crippen molar-refractivity contribution in [1.29, 1.82) is 0 Å². The van der Waals surface area contributed by atoms with E-state index in [9.17, 15) is 10.1 Å². The molecular formula is C15H16N2O3. The van der Waals surface area contributed by atoms with E-state index >= 15 is 0 Å². The maximum Gasteiger partial charge on any atom is 0.276 e. The van der Waals surface area contributed by atoms with Gasteiger partial charge < -0.3 is 10.5 Å². The van der Waals surface area contributed by atoms with Crippen molar-refractivity contribution in [2.75, 3.05) is 6.61 Å². The third-order valence-electron chi connectivity index (χ3n) is 3.10. The van der Waals surface area contributed by atoms with Gasteiger partial charge in [-0.15, -0.1) is 0 Å². The van der Waals surface area contributed by atoms with Crippen LogP contribution in [0.4, 0.5) is 5.69 Å². The zero-order chi connectivity index (χ0) is 14.5. The molecule has 5 heteroatoms. The summed E-state index contributed by atoms with van der Waals surface area (Å²) in [5.74, 6) is 0.491. The summed E-state index contributed by atoms with van der Waals surface area (Å²) in [5.41, 5.74) is 7.56. The third-order valence-corrected chi connectivity index (χ3v) is 3.10. The van der Waals surface area contributed by atoms with E-state index in [0.29, 0.717) is 11.3 Å². The van der Waals surface area contributed by atoms with Gasteiger partial charge in [0.05, 0.1) is 16.5 Å². The maximum atomic E-state index is 10.9. The van der Waals surface area contributed by atoms with Crippen molar-refractivity contribution in [1.82, 2.24) is 0 Å². The summed E-state index contributed by atoms with van der Waals surface area (Å²) in [6.45, 7) is 1.94. The second-order valence-electron chi connectivity index (χ2n) is 4.49. The molecule has 2 rings (SSSR count). The van der Waals surface area contributed by atoms with Crippen LogP contribution < -0.4 is 10.5 Å². The zero-order valence-corrected chi connectivity index (χ0v) is 11.2. The van der Waals surface area contributed by atoms with Crippen LogP contribution in [0.5, 0.6) is 5.75 Å². The maximum absolute atomic E-state index is 10.9. The van der Waals surface area contributed by atoms with E-state index in [4.69, 9.17) is 10.5 Å². The van der Waals surface area contributed by atoms with E-state index < -0.39 is 4.92 Å². The van der Waals surface area contributed by atoms with Crippen LogP contribution in [0.2, 0.25) is 0 Å². The van der Waals surface area contributed by atoms with Crippen LogP contribution in [0.15, 0.2) is 48.5 Å². The fourth-order valence-electron chi connectivity index (χ4n) is 1.93. The van der Waals surface area contributed by atoms with E-state index in [2.05, 4.69) is 0 Å². The smallest absolute Gasteiger partial charge is 0.276 e. The lowest BCUT2D eigenvalue weighted by molar-refractivity contribution is -0.385. The van der Waals surface area contributed by atoms with Gasteiger partial charge in [-0.2, -0.15) is 0 Å². The van der Waals surface area contributed by atoms with Crippen LogP contribution in [0.1, 0.15) is 17.2 Å². The van der Waals surface area contributed by atoms with Crippen molar-refractivity contribution in [3.05, 3.63) is 69.8 Å². The van der Waals surface area contributed by atoms with Gasteiger partial charge in [0.1, 0.15) is 12.4 Å². The summed E-state index contributed by atoms with van der Waals surface area (Å²) >= 11 is 0. The van der Waals surface area contributed by atoms with Gasteiger partial charge in [-0.25, -0.2) is 0 Å². The molecule has 1 atom stereocenters. The topological polar surface area (TPSA) is 78.4 Å². The van der Waals surface area contributed by atoms with Gasteiger partial charge >= 0.3 is 0 Å². The Hall–Kier alpha value is -2.40. The Morgan fingerprint density at radius 3 is 2.55 bits per heavy atom. The van der Waals surface area contributed by atoms with Crippen LogP contribution in [0, 0.1) is 17.0 Å². The van der Waals surface area contributed by atoms with Crippen LogP contribution in [-0.2, 0) is 0 Å². The molecule has 0 spiro atoms. The van der Waals surface area contributed by atoms with Crippen molar-refractivity contribution in [2.45, 2.75) is 13.0 Å². The van der Waals surface area contributed by atoms with Crippen molar-refractivity contribution < 1.29 is 9.66 Å². The van der Waals surface area contributed by atoms with Gasteiger partial charge in [-0.1, -0.05) is 36.4 Å². The number of nitro benzene ring substituents is 1. The van der Waals surface area contributed by atoms with E-state index in [1.807, 2.05) is 30.3 Å². The average molecular weight is 272 g/mol. The Morgan fingerprint density at radius 2 is 1.90 bits per heavy atom. The molecule has 0 heterocycles. The molecule has 0 aliphatic heterocycles.